The minimum Gasteiger partial charge on any atom is -0.481 e. The largest absolute Gasteiger partial charge is 0.481 e. The van der Waals surface area contributed by atoms with E-state index in [4.69, 9.17) is 9.84 Å². The Labute approximate surface area is 83.8 Å². The van der Waals surface area contributed by atoms with E-state index in [1.54, 1.807) is 0 Å². The zero-order valence-electron chi connectivity index (χ0n) is 8.64. The molecule has 80 valence electrons. The molecule has 2 bridgehead atoms. The molecule has 4 heteroatoms. The maximum Gasteiger partial charge on any atom is 0.308 e. The quantitative estimate of drug-likeness (QED) is 0.706. The van der Waals surface area contributed by atoms with Crippen LogP contribution in [-0.4, -0.2) is 47.3 Å². The Balaban J connectivity index is 2.19. The average molecular weight is 199 g/mol. The van der Waals surface area contributed by atoms with Crippen LogP contribution in [0.2, 0.25) is 0 Å². The molecular weight excluding hydrogens is 182 g/mol. The second-order valence-corrected chi connectivity index (χ2v) is 4.48. The topological polar surface area (TPSA) is 49.8 Å². The lowest BCUT2D eigenvalue weighted by molar-refractivity contribution is -0.143. The van der Waals surface area contributed by atoms with Crippen molar-refractivity contribution in [1.82, 2.24) is 4.90 Å². The minimum atomic E-state index is -0.673. The van der Waals surface area contributed by atoms with Crippen molar-refractivity contribution in [2.45, 2.75) is 38.4 Å². The number of carboxylic acid groups (broad SMARTS) is 1. The Kier molecular flexibility index (Phi) is 2.49. The lowest BCUT2D eigenvalue weighted by Crippen LogP contribution is -2.50. The van der Waals surface area contributed by atoms with Crippen LogP contribution in [0, 0.1) is 5.92 Å². The molecule has 2 saturated heterocycles. The molecule has 0 aromatic heterocycles. The molecule has 2 aliphatic rings. The average Bonchev–Trinajstić information content (AvgIpc) is 2.34. The number of ether oxygens (including phenoxy) is 1. The van der Waals surface area contributed by atoms with Gasteiger partial charge in [-0.1, -0.05) is 0 Å². The number of fused-ring (bicyclic) bond motifs is 2. The highest BCUT2D eigenvalue weighted by Gasteiger charge is 2.48. The van der Waals surface area contributed by atoms with Gasteiger partial charge in [-0.3, -0.25) is 9.69 Å². The molecule has 2 rings (SSSR count). The maximum atomic E-state index is 11.0. The van der Waals surface area contributed by atoms with Crippen LogP contribution in [0.3, 0.4) is 0 Å². The third kappa shape index (κ3) is 1.42. The number of hydrogen-bond acceptors (Lipinski definition) is 3. The first-order valence-corrected chi connectivity index (χ1v) is 5.19. The van der Waals surface area contributed by atoms with Gasteiger partial charge < -0.3 is 9.84 Å². The van der Waals surface area contributed by atoms with Crippen molar-refractivity contribution in [2.24, 2.45) is 5.92 Å². The summed E-state index contributed by atoms with van der Waals surface area (Å²) in [4.78, 5) is 13.3. The van der Waals surface area contributed by atoms with Crippen LogP contribution < -0.4 is 0 Å². The van der Waals surface area contributed by atoms with Crippen molar-refractivity contribution >= 4 is 5.97 Å². The summed E-state index contributed by atoms with van der Waals surface area (Å²) in [5.74, 6) is -0.904. The van der Waals surface area contributed by atoms with E-state index < -0.39 is 5.97 Å². The summed E-state index contributed by atoms with van der Waals surface area (Å²) in [6, 6.07) is 0.819. The third-order valence-electron chi connectivity index (χ3n) is 3.31. The normalized spacial score (nSPS) is 37.8. The predicted octanol–water partition coefficient (Wildman–Crippen LogP) is 0.569. The molecular formula is C10H17NO3. The van der Waals surface area contributed by atoms with Gasteiger partial charge in [0.15, 0.2) is 0 Å². The summed E-state index contributed by atoms with van der Waals surface area (Å²) in [6.07, 6.45) is 0.748. The molecule has 2 aliphatic heterocycles. The Morgan fingerprint density at radius 3 is 2.71 bits per heavy atom. The van der Waals surface area contributed by atoms with Gasteiger partial charge in [0.25, 0.3) is 0 Å². The monoisotopic (exact) mass is 199 g/mol. The molecule has 4 nitrogen and oxygen atoms in total. The molecule has 0 aliphatic carbocycles. The molecule has 14 heavy (non-hydrogen) atoms. The molecule has 0 amide bonds. The fourth-order valence-corrected chi connectivity index (χ4v) is 2.80. The number of carboxylic acids is 1. The summed E-state index contributed by atoms with van der Waals surface area (Å²) >= 11 is 0. The lowest BCUT2D eigenvalue weighted by Gasteiger charge is -2.38. The van der Waals surface area contributed by atoms with Crippen LogP contribution in [0.5, 0.6) is 0 Å². The summed E-state index contributed by atoms with van der Waals surface area (Å²) in [5, 5.41) is 9.08. The Hall–Kier alpha value is -0.610. The molecule has 1 N–H and O–H groups in total. The molecule has 0 aromatic carbocycles. The van der Waals surface area contributed by atoms with E-state index >= 15 is 0 Å². The van der Waals surface area contributed by atoms with Crippen molar-refractivity contribution in [3.8, 4) is 0 Å². The molecule has 3 atom stereocenters. The fraction of sp³-hybridized carbons (Fsp3) is 0.900. The SMILES string of the molecule is CC(C)N1C2COCC1C(C(=O)O)C2. The molecule has 3 unspecified atom stereocenters. The van der Waals surface area contributed by atoms with Gasteiger partial charge in [-0.15, -0.1) is 0 Å². The van der Waals surface area contributed by atoms with E-state index in [1.807, 2.05) is 0 Å². The highest BCUT2D eigenvalue weighted by molar-refractivity contribution is 5.71. The van der Waals surface area contributed by atoms with Crippen molar-refractivity contribution in [2.75, 3.05) is 13.2 Å². The van der Waals surface area contributed by atoms with E-state index in [1.165, 1.54) is 0 Å². The molecule has 0 saturated carbocycles. The van der Waals surface area contributed by atoms with Crippen LogP contribution in [0.25, 0.3) is 0 Å². The highest BCUT2D eigenvalue weighted by atomic mass is 16.5. The Morgan fingerprint density at radius 1 is 1.50 bits per heavy atom. The van der Waals surface area contributed by atoms with E-state index in [0.717, 1.165) is 6.42 Å². The number of rotatable bonds is 2. The third-order valence-corrected chi connectivity index (χ3v) is 3.31. The van der Waals surface area contributed by atoms with Crippen LogP contribution in [0.15, 0.2) is 0 Å². The number of hydrogen-bond donors (Lipinski definition) is 1. The van der Waals surface area contributed by atoms with Crippen molar-refractivity contribution in [3.05, 3.63) is 0 Å². The van der Waals surface area contributed by atoms with Gasteiger partial charge in [0.1, 0.15) is 0 Å². The molecule has 2 fully saturated rings. The van der Waals surface area contributed by atoms with Crippen LogP contribution in [0.1, 0.15) is 20.3 Å². The first-order chi connectivity index (χ1) is 6.61. The molecule has 2 heterocycles. The van der Waals surface area contributed by atoms with Gasteiger partial charge >= 0.3 is 5.97 Å². The van der Waals surface area contributed by atoms with Gasteiger partial charge in [0.2, 0.25) is 0 Å². The van der Waals surface area contributed by atoms with Crippen molar-refractivity contribution in [1.29, 1.82) is 0 Å². The van der Waals surface area contributed by atoms with Gasteiger partial charge in [-0.25, -0.2) is 0 Å². The lowest BCUT2D eigenvalue weighted by atomic mass is 10.0. The molecule has 0 spiro atoms. The summed E-state index contributed by atoms with van der Waals surface area (Å²) < 4.78 is 5.41. The highest BCUT2D eigenvalue weighted by Crippen LogP contribution is 2.35. The summed E-state index contributed by atoms with van der Waals surface area (Å²) in [6.45, 7) is 5.51. The second kappa shape index (κ2) is 3.51. The first kappa shape index (κ1) is 9.93. The van der Waals surface area contributed by atoms with Crippen molar-refractivity contribution < 1.29 is 14.6 Å². The zero-order chi connectivity index (χ0) is 10.3. The predicted molar refractivity (Wildman–Crippen MR) is 51.1 cm³/mol. The Bertz CT molecular complexity index is 242. The van der Waals surface area contributed by atoms with Crippen LogP contribution in [0.4, 0.5) is 0 Å². The summed E-state index contributed by atoms with van der Waals surface area (Å²) in [7, 11) is 0. The number of aliphatic carboxylic acids is 1. The molecule has 0 aromatic rings. The smallest absolute Gasteiger partial charge is 0.308 e. The molecule has 0 radical (unpaired) electrons. The zero-order valence-corrected chi connectivity index (χ0v) is 8.64. The van der Waals surface area contributed by atoms with Gasteiger partial charge in [0, 0.05) is 18.1 Å². The number of morpholine rings is 1. The van der Waals surface area contributed by atoms with E-state index in [0.29, 0.717) is 25.3 Å². The summed E-state index contributed by atoms with van der Waals surface area (Å²) in [5.41, 5.74) is 0. The fourth-order valence-electron chi connectivity index (χ4n) is 2.80. The Morgan fingerprint density at radius 2 is 2.21 bits per heavy atom. The van der Waals surface area contributed by atoms with Crippen molar-refractivity contribution in [3.63, 3.8) is 0 Å². The maximum absolute atomic E-state index is 11.0. The van der Waals surface area contributed by atoms with Crippen LogP contribution >= 0.6 is 0 Å². The van der Waals surface area contributed by atoms with E-state index in [2.05, 4.69) is 18.7 Å². The number of nitrogens with zero attached hydrogens (tertiary/aromatic N) is 1. The second-order valence-electron chi connectivity index (χ2n) is 4.48. The van der Waals surface area contributed by atoms with Crippen LogP contribution in [-0.2, 0) is 9.53 Å². The minimum absolute atomic E-state index is 0.0891. The standard InChI is InChI=1S/C10H17NO3/c1-6(2)11-7-3-8(10(12)13)9(11)5-14-4-7/h6-9H,3-5H2,1-2H3,(H,12,13). The van der Waals surface area contributed by atoms with Gasteiger partial charge in [0.05, 0.1) is 19.1 Å². The number of carbonyl (C=O) groups is 1. The van der Waals surface area contributed by atoms with E-state index in [-0.39, 0.29) is 12.0 Å². The van der Waals surface area contributed by atoms with E-state index in [9.17, 15) is 4.79 Å². The first-order valence-electron chi connectivity index (χ1n) is 5.19. The van der Waals surface area contributed by atoms with Gasteiger partial charge in [-0.05, 0) is 20.3 Å². The van der Waals surface area contributed by atoms with Gasteiger partial charge in [-0.2, -0.15) is 0 Å².